The van der Waals surface area contributed by atoms with E-state index in [1.807, 2.05) is 45.0 Å². The van der Waals surface area contributed by atoms with E-state index in [1.54, 1.807) is 6.07 Å². The molecule has 2 aromatic carbocycles. The molecule has 5 heteroatoms. The average molecular weight is 354 g/mol. The predicted octanol–water partition coefficient (Wildman–Crippen LogP) is 4.36. The smallest absolute Gasteiger partial charge is 0.169 e. The van der Waals surface area contributed by atoms with E-state index < -0.39 is 0 Å². The first-order valence-electron chi connectivity index (χ1n) is 7.80. The molecule has 0 bridgehead atoms. The molecule has 3 nitrogen and oxygen atoms in total. The number of benzene rings is 2. The zero-order chi connectivity index (χ0) is 17.4. The lowest BCUT2D eigenvalue weighted by molar-refractivity contribution is 0.198. The summed E-state index contributed by atoms with van der Waals surface area (Å²) in [7, 11) is 2.68. The van der Waals surface area contributed by atoms with Crippen molar-refractivity contribution in [2.24, 2.45) is 5.73 Å². The van der Waals surface area contributed by atoms with E-state index in [0.29, 0.717) is 17.3 Å². The second-order valence-corrected chi connectivity index (χ2v) is 5.83. The van der Waals surface area contributed by atoms with Gasteiger partial charge in [0, 0.05) is 23.2 Å². The normalized spacial score (nSPS) is 11.4. The van der Waals surface area contributed by atoms with Crippen molar-refractivity contribution in [1.82, 2.24) is 0 Å². The van der Waals surface area contributed by atoms with Crippen molar-refractivity contribution >= 4 is 26.1 Å². The van der Waals surface area contributed by atoms with E-state index >= 15 is 0 Å². The van der Waals surface area contributed by atoms with E-state index in [-0.39, 0.29) is 11.9 Å². The zero-order valence-electron chi connectivity index (χ0n) is 13.8. The first-order valence-corrected chi connectivity index (χ1v) is 8.76. The number of nitrogens with two attached hydrogens (primary N) is 1. The number of aromatic hydroxyl groups is 1. The van der Waals surface area contributed by atoms with Crippen LogP contribution in [-0.2, 0) is 0 Å². The molecule has 2 unspecified atom stereocenters. The molecule has 0 aliphatic heterocycles. The summed E-state index contributed by atoms with van der Waals surface area (Å²) < 4.78 is 5.90. The van der Waals surface area contributed by atoms with E-state index in [0.717, 1.165) is 22.9 Å². The molecule has 0 aliphatic rings. The van der Waals surface area contributed by atoms with Crippen molar-refractivity contribution in [2.75, 3.05) is 6.54 Å². The van der Waals surface area contributed by atoms with Gasteiger partial charge in [0.05, 0.1) is 0 Å². The summed E-state index contributed by atoms with van der Waals surface area (Å²) in [5, 5.41) is 11.7. The molecule has 3 N–H and O–H groups in total. The van der Waals surface area contributed by atoms with Crippen LogP contribution in [0.4, 0.5) is 0 Å². The fraction of sp³-hybridized carbons (Fsp3) is 0.333. The van der Waals surface area contributed by atoms with Crippen molar-refractivity contribution in [1.29, 1.82) is 0 Å². The van der Waals surface area contributed by atoms with Crippen molar-refractivity contribution in [2.45, 2.75) is 33.3 Å². The molecule has 0 aromatic heterocycles. The maximum absolute atomic E-state index is 10.2. The first kappa shape index (κ1) is 19.8. The van der Waals surface area contributed by atoms with E-state index in [1.165, 1.54) is 6.07 Å². The van der Waals surface area contributed by atoms with Crippen LogP contribution >= 0.6 is 20.8 Å². The van der Waals surface area contributed by atoms with Crippen LogP contribution < -0.4 is 15.8 Å². The molecule has 23 heavy (non-hydrogen) atoms. The standard InChI is InChI=1S/C16H19ClNO2P.C2H6/c1-2-11(9-18)20-16-13(7-10(17)8-14(16)19)12-5-3-4-6-15(12)21;1-2/h3-8,11,19H,2,9,18,21H2,1H3;1-2H3. The number of hydrogen-bond donors (Lipinski definition) is 2. The molecule has 0 spiro atoms. The largest absolute Gasteiger partial charge is 0.504 e. The molecule has 2 rings (SSSR count). The number of halogens is 1. The SMILES string of the molecule is CC.CCC(CN)Oc1c(O)cc(Cl)cc1-c1ccccc1P. The molecule has 0 saturated heterocycles. The Hall–Kier alpha value is -1.28. The highest BCUT2D eigenvalue weighted by Gasteiger charge is 2.17. The van der Waals surface area contributed by atoms with E-state index in [2.05, 4.69) is 9.24 Å². The summed E-state index contributed by atoms with van der Waals surface area (Å²) in [5.74, 6) is 0.448. The summed E-state index contributed by atoms with van der Waals surface area (Å²) in [6, 6.07) is 11.1. The van der Waals surface area contributed by atoms with Gasteiger partial charge in [-0.05, 0) is 23.4 Å². The quantitative estimate of drug-likeness (QED) is 0.785. The fourth-order valence-corrected chi connectivity index (χ4v) is 2.69. The lowest BCUT2D eigenvalue weighted by atomic mass is 10.0. The van der Waals surface area contributed by atoms with Crippen LogP contribution in [0.1, 0.15) is 27.2 Å². The maximum atomic E-state index is 10.2. The highest BCUT2D eigenvalue weighted by atomic mass is 35.5. The van der Waals surface area contributed by atoms with Crippen molar-refractivity contribution in [3.8, 4) is 22.6 Å². The molecule has 2 aromatic rings. The summed E-state index contributed by atoms with van der Waals surface area (Å²) in [6.45, 7) is 6.38. The third-order valence-electron chi connectivity index (χ3n) is 3.29. The maximum Gasteiger partial charge on any atom is 0.169 e. The Bertz CT molecular complexity index is 630. The Kier molecular flexibility index (Phi) is 8.40. The van der Waals surface area contributed by atoms with Gasteiger partial charge in [0.15, 0.2) is 11.5 Å². The topological polar surface area (TPSA) is 55.5 Å². The summed E-state index contributed by atoms with van der Waals surface area (Å²) in [5.41, 5.74) is 7.40. The zero-order valence-corrected chi connectivity index (χ0v) is 15.8. The molecule has 0 radical (unpaired) electrons. The van der Waals surface area contributed by atoms with Gasteiger partial charge in [-0.15, -0.1) is 9.24 Å². The molecule has 0 amide bonds. The lowest BCUT2D eigenvalue weighted by Gasteiger charge is -2.20. The van der Waals surface area contributed by atoms with E-state index in [9.17, 15) is 5.11 Å². The monoisotopic (exact) mass is 353 g/mol. The average Bonchev–Trinajstić information content (AvgIpc) is 2.56. The van der Waals surface area contributed by atoms with Gasteiger partial charge in [-0.1, -0.05) is 56.6 Å². The van der Waals surface area contributed by atoms with Gasteiger partial charge in [0.1, 0.15) is 6.10 Å². The fourth-order valence-electron chi connectivity index (χ4n) is 2.11. The van der Waals surface area contributed by atoms with Crippen LogP contribution in [0.25, 0.3) is 11.1 Å². The molecule has 0 heterocycles. The van der Waals surface area contributed by atoms with Crippen LogP contribution in [0.5, 0.6) is 11.5 Å². The Morgan fingerprint density at radius 1 is 1.22 bits per heavy atom. The molecule has 126 valence electrons. The minimum Gasteiger partial charge on any atom is -0.504 e. The highest BCUT2D eigenvalue weighted by Crippen LogP contribution is 2.40. The van der Waals surface area contributed by atoms with Gasteiger partial charge >= 0.3 is 0 Å². The summed E-state index contributed by atoms with van der Waals surface area (Å²) in [6.07, 6.45) is 0.619. The second-order valence-electron chi connectivity index (χ2n) is 4.77. The Morgan fingerprint density at radius 3 is 2.43 bits per heavy atom. The van der Waals surface area contributed by atoms with Crippen molar-refractivity contribution in [3.63, 3.8) is 0 Å². The van der Waals surface area contributed by atoms with Gasteiger partial charge in [0.2, 0.25) is 0 Å². The Labute approximate surface area is 146 Å². The van der Waals surface area contributed by atoms with Crippen LogP contribution in [0.15, 0.2) is 36.4 Å². The van der Waals surface area contributed by atoms with Gasteiger partial charge < -0.3 is 15.6 Å². The van der Waals surface area contributed by atoms with E-state index in [4.69, 9.17) is 22.1 Å². The Morgan fingerprint density at radius 2 is 1.87 bits per heavy atom. The number of hydrogen-bond acceptors (Lipinski definition) is 3. The van der Waals surface area contributed by atoms with Crippen LogP contribution in [-0.4, -0.2) is 17.8 Å². The molecular formula is C18H25ClNO2P. The predicted molar refractivity (Wildman–Crippen MR) is 103 cm³/mol. The molecule has 0 aliphatic carbocycles. The number of ether oxygens (including phenoxy) is 1. The molecule has 2 atom stereocenters. The van der Waals surface area contributed by atoms with Gasteiger partial charge in [-0.2, -0.15) is 0 Å². The van der Waals surface area contributed by atoms with Crippen molar-refractivity contribution < 1.29 is 9.84 Å². The van der Waals surface area contributed by atoms with Crippen LogP contribution in [0.2, 0.25) is 5.02 Å². The van der Waals surface area contributed by atoms with Gasteiger partial charge in [-0.3, -0.25) is 0 Å². The highest BCUT2D eigenvalue weighted by molar-refractivity contribution is 7.28. The lowest BCUT2D eigenvalue weighted by Crippen LogP contribution is -2.26. The van der Waals surface area contributed by atoms with Crippen molar-refractivity contribution in [3.05, 3.63) is 41.4 Å². The minimum absolute atomic E-state index is 0.0256. The summed E-state index contributed by atoms with van der Waals surface area (Å²) >= 11 is 6.08. The summed E-state index contributed by atoms with van der Waals surface area (Å²) in [4.78, 5) is 0. The molecule has 0 fully saturated rings. The second kappa shape index (κ2) is 9.77. The number of phenolic OH excluding ortho intramolecular Hbond substituents is 1. The molecule has 0 saturated carbocycles. The Balaban J connectivity index is 0.00000127. The minimum atomic E-state index is -0.146. The third-order valence-corrected chi connectivity index (χ3v) is 4.01. The molecular weight excluding hydrogens is 329 g/mol. The van der Waals surface area contributed by atoms with Gasteiger partial charge in [0.25, 0.3) is 0 Å². The third kappa shape index (κ3) is 5.10. The van der Waals surface area contributed by atoms with Gasteiger partial charge in [-0.25, -0.2) is 0 Å². The van der Waals surface area contributed by atoms with Crippen LogP contribution in [0.3, 0.4) is 0 Å². The number of rotatable bonds is 5. The first-order chi connectivity index (χ1) is 11.1. The number of phenols is 1. The van der Waals surface area contributed by atoms with Crippen LogP contribution in [0, 0.1) is 0 Å².